The Bertz CT molecular complexity index is 506. The lowest BCUT2D eigenvalue weighted by Gasteiger charge is -2.14. The Morgan fingerprint density at radius 1 is 1.06 bits per heavy atom. The van der Waals surface area contributed by atoms with Crippen LogP contribution in [0, 0.1) is 0 Å². The molecule has 0 bridgehead atoms. The van der Waals surface area contributed by atoms with Gasteiger partial charge in [0.15, 0.2) is 0 Å². The highest BCUT2D eigenvalue weighted by atomic mass is 16.5. The van der Waals surface area contributed by atoms with Crippen LogP contribution in [0.3, 0.4) is 0 Å². The fourth-order valence-corrected chi connectivity index (χ4v) is 1.63. The van der Waals surface area contributed by atoms with Crippen molar-refractivity contribution in [3.8, 4) is 5.75 Å². The minimum Gasteiger partial charge on any atom is -0.489 e. The zero-order valence-corrected chi connectivity index (χ0v) is 10.8. The van der Waals surface area contributed by atoms with Gasteiger partial charge in [0.25, 0.3) is 0 Å². The number of hydrogen-bond acceptors (Lipinski definition) is 3. The van der Waals surface area contributed by atoms with E-state index in [1.54, 1.807) is 0 Å². The Hall–Kier alpha value is -2.16. The monoisotopic (exact) mass is 242 g/mol. The molecular weight excluding hydrogens is 224 g/mol. The van der Waals surface area contributed by atoms with E-state index in [2.05, 4.69) is 11.0 Å². The summed E-state index contributed by atoms with van der Waals surface area (Å²) in [5, 5.41) is 0. The van der Waals surface area contributed by atoms with Crippen LogP contribution in [0.4, 0.5) is 11.4 Å². The third kappa shape index (κ3) is 3.17. The molecule has 0 spiro atoms. The van der Waals surface area contributed by atoms with Crippen molar-refractivity contribution in [2.45, 2.75) is 6.61 Å². The summed E-state index contributed by atoms with van der Waals surface area (Å²) in [6.45, 7) is 0.553. The van der Waals surface area contributed by atoms with Crippen LogP contribution in [0.25, 0.3) is 0 Å². The van der Waals surface area contributed by atoms with Gasteiger partial charge >= 0.3 is 0 Å². The molecule has 0 heterocycles. The van der Waals surface area contributed by atoms with E-state index in [9.17, 15) is 0 Å². The van der Waals surface area contributed by atoms with Crippen LogP contribution in [-0.4, -0.2) is 14.1 Å². The van der Waals surface area contributed by atoms with Gasteiger partial charge < -0.3 is 15.4 Å². The van der Waals surface area contributed by atoms with Crippen LogP contribution in [0.5, 0.6) is 5.75 Å². The van der Waals surface area contributed by atoms with Gasteiger partial charge in [-0.3, -0.25) is 0 Å². The van der Waals surface area contributed by atoms with E-state index in [1.807, 2.05) is 56.6 Å². The van der Waals surface area contributed by atoms with Gasteiger partial charge in [0.2, 0.25) is 0 Å². The molecule has 0 amide bonds. The van der Waals surface area contributed by atoms with Crippen molar-refractivity contribution in [2.24, 2.45) is 0 Å². The highest BCUT2D eigenvalue weighted by Gasteiger charge is 1.99. The molecular formula is C15H18N2O. The lowest BCUT2D eigenvalue weighted by Crippen LogP contribution is -2.08. The number of ether oxygens (including phenoxy) is 1. The molecule has 0 saturated heterocycles. The fourth-order valence-electron chi connectivity index (χ4n) is 1.63. The van der Waals surface area contributed by atoms with Crippen molar-refractivity contribution < 1.29 is 4.74 Å². The SMILES string of the molecule is CN(C)c1cccc(OCc2ccc(N)cc2)c1. The van der Waals surface area contributed by atoms with Crippen molar-refractivity contribution in [2.75, 3.05) is 24.7 Å². The molecule has 3 heteroatoms. The zero-order valence-electron chi connectivity index (χ0n) is 10.8. The van der Waals surface area contributed by atoms with Crippen molar-refractivity contribution in [3.63, 3.8) is 0 Å². The largest absolute Gasteiger partial charge is 0.489 e. The average molecular weight is 242 g/mol. The Balaban J connectivity index is 2.01. The summed E-state index contributed by atoms with van der Waals surface area (Å²) in [5.41, 5.74) is 8.65. The molecule has 0 radical (unpaired) electrons. The highest BCUT2D eigenvalue weighted by molar-refractivity contribution is 5.49. The number of hydrogen-bond donors (Lipinski definition) is 1. The first-order valence-electron chi connectivity index (χ1n) is 5.90. The van der Waals surface area contributed by atoms with Gasteiger partial charge in [0, 0.05) is 31.5 Å². The van der Waals surface area contributed by atoms with E-state index in [0.29, 0.717) is 6.61 Å². The van der Waals surface area contributed by atoms with Crippen LogP contribution >= 0.6 is 0 Å². The lowest BCUT2D eigenvalue weighted by atomic mass is 10.2. The van der Waals surface area contributed by atoms with E-state index in [4.69, 9.17) is 10.5 Å². The number of nitrogens with two attached hydrogens (primary N) is 1. The van der Waals surface area contributed by atoms with E-state index in [1.165, 1.54) is 0 Å². The van der Waals surface area contributed by atoms with Crippen molar-refractivity contribution >= 4 is 11.4 Å². The maximum atomic E-state index is 5.76. The van der Waals surface area contributed by atoms with E-state index < -0.39 is 0 Å². The quantitative estimate of drug-likeness (QED) is 0.838. The number of rotatable bonds is 4. The smallest absolute Gasteiger partial charge is 0.121 e. The molecule has 0 aromatic heterocycles. The molecule has 0 fully saturated rings. The zero-order chi connectivity index (χ0) is 13.0. The minimum atomic E-state index is 0.553. The summed E-state index contributed by atoms with van der Waals surface area (Å²) in [6.07, 6.45) is 0. The molecule has 2 aromatic rings. The van der Waals surface area contributed by atoms with Gasteiger partial charge in [-0.1, -0.05) is 18.2 Å². The van der Waals surface area contributed by atoms with Crippen molar-refractivity contribution in [1.29, 1.82) is 0 Å². The number of nitrogen functional groups attached to an aromatic ring is 1. The first-order chi connectivity index (χ1) is 8.65. The average Bonchev–Trinajstić information content (AvgIpc) is 2.38. The molecule has 0 atom stereocenters. The fraction of sp³-hybridized carbons (Fsp3) is 0.200. The van der Waals surface area contributed by atoms with E-state index >= 15 is 0 Å². The Labute approximate surface area is 108 Å². The highest BCUT2D eigenvalue weighted by Crippen LogP contribution is 2.20. The second kappa shape index (κ2) is 5.45. The lowest BCUT2D eigenvalue weighted by molar-refractivity contribution is 0.306. The topological polar surface area (TPSA) is 38.5 Å². The van der Waals surface area contributed by atoms with E-state index in [-0.39, 0.29) is 0 Å². The molecule has 2 rings (SSSR count). The maximum absolute atomic E-state index is 5.76. The summed E-state index contributed by atoms with van der Waals surface area (Å²) >= 11 is 0. The minimum absolute atomic E-state index is 0.553. The van der Waals surface area contributed by atoms with Gasteiger partial charge in [0.1, 0.15) is 12.4 Å². The second-order valence-corrected chi connectivity index (χ2v) is 4.42. The Morgan fingerprint density at radius 2 is 1.78 bits per heavy atom. The van der Waals surface area contributed by atoms with E-state index in [0.717, 1.165) is 22.7 Å². The van der Waals surface area contributed by atoms with Crippen molar-refractivity contribution in [1.82, 2.24) is 0 Å². The predicted octanol–water partition coefficient (Wildman–Crippen LogP) is 2.91. The summed E-state index contributed by atoms with van der Waals surface area (Å²) in [5.74, 6) is 0.873. The Kier molecular flexibility index (Phi) is 3.72. The molecule has 18 heavy (non-hydrogen) atoms. The summed E-state index contributed by atoms with van der Waals surface area (Å²) in [7, 11) is 4.03. The first-order valence-corrected chi connectivity index (χ1v) is 5.90. The molecule has 2 N–H and O–H groups in total. The van der Waals surface area contributed by atoms with Crippen LogP contribution in [-0.2, 0) is 6.61 Å². The molecule has 0 saturated carbocycles. The van der Waals surface area contributed by atoms with Gasteiger partial charge in [0.05, 0.1) is 0 Å². The molecule has 0 unspecified atom stereocenters. The molecule has 2 aromatic carbocycles. The second-order valence-electron chi connectivity index (χ2n) is 4.42. The molecule has 0 aliphatic heterocycles. The van der Waals surface area contributed by atoms with Crippen LogP contribution in [0.2, 0.25) is 0 Å². The van der Waals surface area contributed by atoms with Crippen LogP contribution in [0.1, 0.15) is 5.56 Å². The number of benzene rings is 2. The molecule has 3 nitrogen and oxygen atoms in total. The third-order valence-electron chi connectivity index (χ3n) is 2.72. The standard InChI is InChI=1S/C15H18N2O/c1-17(2)14-4-3-5-15(10-14)18-11-12-6-8-13(16)9-7-12/h3-10H,11,16H2,1-2H3. The number of nitrogens with zero attached hydrogens (tertiary/aromatic N) is 1. The van der Waals surface area contributed by atoms with Gasteiger partial charge in [-0.05, 0) is 29.8 Å². The Morgan fingerprint density at radius 3 is 2.44 bits per heavy atom. The molecule has 0 aliphatic rings. The summed E-state index contributed by atoms with van der Waals surface area (Å²) in [6, 6.07) is 15.8. The van der Waals surface area contributed by atoms with Gasteiger partial charge in [-0.15, -0.1) is 0 Å². The normalized spacial score (nSPS) is 10.1. The van der Waals surface area contributed by atoms with Gasteiger partial charge in [-0.2, -0.15) is 0 Å². The molecule has 0 aliphatic carbocycles. The third-order valence-corrected chi connectivity index (χ3v) is 2.72. The predicted molar refractivity (Wildman–Crippen MR) is 76.0 cm³/mol. The van der Waals surface area contributed by atoms with Crippen LogP contribution < -0.4 is 15.4 Å². The van der Waals surface area contributed by atoms with Crippen molar-refractivity contribution in [3.05, 3.63) is 54.1 Å². The number of anilines is 2. The molecule has 94 valence electrons. The van der Waals surface area contributed by atoms with Gasteiger partial charge in [-0.25, -0.2) is 0 Å². The summed E-state index contributed by atoms with van der Waals surface area (Å²) in [4.78, 5) is 2.05. The van der Waals surface area contributed by atoms with Crippen LogP contribution in [0.15, 0.2) is 48.5 Å². The first kappa shape index (κ1) is 12.3. The summed E-state index contributed by atoms with van der Waals surface area (Å²) < 4.78 is 5.76. The maximum Gasteiger partial charge on any atom is 0.121 e.